The van der Waals surface area contributed by atoms with Gasteiger partial charge in [-0.25, -0.2) is 5.84 Å². The summed E-state index contributed by atoms with van der Waals surface area (Å²) in [6.07, 6.45) is 1.94. The number of furan rings is 1. The molecule has 0 saturated carbocycles. The zero-order chi connectivity index (χ0) is 16.3. The van der Waals surface area contributed by atoms with Crippen LogP contribution in [0.4, 0.5) is 5.82 Å². The summed E-state index contributed by atoms with van der Waals surface area (Å²) in [7, 11) is 0. The van der Waals surface area contributed by atoms with Crippen LogP contribution in [0.1, 0.15) is 16.9 Å². The second kappa shape index (κ2) is 4.79. The lowest BCUT2D eigenvalue weighted by molar-refractivity contribution is 0.581. The van der Waals surface area contributed by atoms with E-state index in [0.29, 0.717) is 5.82 Å². The van der Waals surface area contributed by atoms with E-state index in [0.717, 1.165) is 51.6 Å². The Bertz CT molecular complexity index is 1110. The van der Waals surface area contributed by atoms with Crippen molar-refractivity contribution in [2.45, 2.75) is 19.8 Å². The van der Waals surface area contributed by atoms with Gasteiger partial charge in [0.1, 0.15) is 17.0 Å². The first-order valence-corrected chi connectivity index (χ1v) is 8.03. The average molecular weight is 316 g/mol. The van der Waals surface area contributed by atoms with Crippen molar-refractivity contribution in [2.24, 2.45) is 5.84 Å². The number of fused-ring (bicyclic) bond motifs is 4. The van der Waals surface area contributed by atoms with E-state index in [4.69, 9.17) is 10.3 Å². The first-order chi connectivity index (χ1) is 11.8. The molecule has 118 valence electrons. The number of rotatable bonds is 1. The Balaban J connectivity index is 2.02. The second-order valence-electron chi connectivity index (χ2n) is 6.26. The zero-order valence-electron chi connectivity index (χ0n) is 13.3. The number of hydrazine groups is 1. The Morgan fingerprint density at radius 1 is 1.04 bits per heavy atom. The maximum atomic E-state index is 5.97. The minimum absolute atomic E-state index is 0.550. The number of aryl methyl sites for hydroxylation is 3. The molecular weight excluding hydrogens is 300 g/mol. The van der Waals surface area contributed by atoms with Gasteiger partial charge in [0.05, 0.1) is 5.39 Å². The highest BCUT2D eigenvalue weighted by atomic mass is 16.3. The smallest absolute Gasteiger partial charge is 0.174 e. The van der Waals surface area contributed by atoms with Crippen molar-refractivity contribution in [1.82, 2.24) is 10.2 Å². The molecule has 0 saturated heterocycles. The van der Waals surface area contributed by atoms with Crippen LogP contribution in [0.15, 0.2) is 40.8 Å². The van der Waals surface area contributed by atoms with Crippen LogP contribution in [0.5, 0.6) is 0 Å². The minimum Gasteiger partial charge on any atom is -0.461 e. The summed E-state index contributed by atoms with van der Waals surface area (Å²) in [5.41, 5.74) is 8.10. The van der Waals surface area contributed by atoms with Gasteiger partial charge in [-0.1, -0.05) is 24.3 Å². The predicted octanol–water partition coefficient (Wildman–Crippen LogP) is 3.74. The van der Waals surface area contributed by atoms with Gasteiger partial charge in [0.25, 0.3) is 0 Å². The molecule has 0 radical (unpaired) electrons. The fourth-order valence-corrected chi connectivity index (χ4v) is 3.79. The predicted molar refractivity (Wildman–Crippen MR) is 94.7 cm³/mol. The molecule has 0 unspecified atom stereocenters. The SMILES string of the molecule is Cc1cc2cc3c4c(nnc(NN)c4c2o1)-c1ccccc1CC3. The van der Waals surface area contributed by atoms with Gasteiger partial charge in [-0.05, 0) is 43.0 Å². The van der Waals surface area contributed by atoms with Crippen LogP contribution in [0.25, 0.3) is 33.0 Å². The molecule has 4 aromatic rings. The summed E-state index contributed by atoms with van der Waals surface area (Å²) >= 11 is 0. The van der Waals surface area contributed by atoms with E-state index in [9.17, 15) is 0 Å². The molecule has 3 N–H and O–H groups in total. The quantitative estimate of drug-likeness (QED) is 0.413. The van der Waals surface area contributed by atoms with Crippen LogP contribution >= 0.6 is 0 Å². The Labute approximate surface area is 138 Å². The third-order valence-corrected chi connectivity index (χ3v) is 4.81. The normalized spacial score (nSPS) is 13.1. The highest BCUT2D eigenvalue weighted by Gasteiger charge is 2.23. The summed E-state index contributed by atoms with van der Waals surface area (Å²) in [5, 5.41) is 11.9. The van der Waals surface area contributed by atoms with E-state index in [2.05, 4.69) is 46.0 Å². The van der Waals surface area contributed by atoms with Crippen molar-refractivity contribution in [3.63, 3.8) is 0 Å². The van der Waals surface area contributed by atoms with E-state index >= 15 is 0 Å². The molecule has 2 aromatic heterocycles. The monoisotopic (exact) mass is 316 g/mol. The molecule has 0 fully saturated rings. The largest absolute Gasteiger partial charge is 0.461 e. The Kier molecular flexibility index (Phi) is 2.69. The van der Waals surface area contributed by atoms with Crippen LogP contribution < -0.4 is 11.3 Å². The van der Waals surface area contributed by atoms with E-state index in [1.165, 1.54) is 11.1 Å². The fourth-order valence-electron chi connectivity index (χ4n) is 3.79. The average Bonchev–Trinajstić information content (AvgIpc) is 2.90. The number of nitrogens with zero attached hydrogens (tertiary/aromatic N) is 2. The number of aromatic nitrogens is 2. The van der Waals surface area contributed by atoms with Crippen molar-refractivity contribution >= 4 is 27.6 Å². The number of nitrogens with one attached hydrogen (secondary N) is 1. The first kappa shape index (κ1) is 13.5. The summed E-state index contributed by atoms with van der Waals surface area (Å²) in [6, 6.07) is 12.7. The van der Waals surface area contributed by atoms with Crippen LogP contribution in [0, 0.1) is 6.92 Å². The van der Waals surface area contributed by atoms with Gasteiger partial charge in [-0.3, -0.25) is 0 Å². The van der Waals surface area contributed by atoms with Crippen molar-refractivity contribution in [3.8, 4) is 11.3 Å². The summed E-state index contributed by atoms with van der Waals surface area (Å²) in [4.78, 5) is 0. The lowest BCUT2D eigenvalue weighted by Gasteiger charge is -2.11. The molecule has 1 aliphatic rings. The van der Waals surface area contributed by atoms with E-state index < -0.39 is 0 Å². The molecule has 0 aliphatic heterocycles. The molecule has 2 heterocycles. The molecule has 0 amide bonds. The Morgan fingerprint density at radius 3 is 2.75 bits per heavy atom. The van der Waals surface area contributed by atoms with Crippen molar-refractivity contribution in [1.29, 1.82) is 0 Å². The molecule has 0 bridgehead atoms. The molecule has 5 nitrogen and oxygen atoms in total. The minimum atomic E-state index is 0.550. The molecule has 0 atom stereocenters. The van der Waals surface area contributed by atoms with Crippen LogP contribution in [-0.2, 0) is 12.8 Å². The summed E-state index contributed by atoms with van der Waals surface area (Å²) < 4.78 is 5.97. The number of nitrogen functional groups attached to an aromatic ring is 1. The summed E-state index contributed by atoms with van der Waals surface area (Å²) in [6.45, 7) is 1.96. The standard InChI is InChI=1S/C19H16N4O/c1-10-8-13-9-12-7-6-11-4-2-3-5-14(11)17-15(12)16(18(13)24-10)19(21-20)23-22-17/h2-5,8-9H,6-7,20H2,1H3,(H,21,23). The lowest BCUT2D eigenvalue weighted by Crippen LogP contribution is -2.10. The van der Waals surface area contributed by atoms with Gasteiger partial charge >= 0.3 is 0 Å². The molecule has 1 aliphatic carbocycles. The number of hydrogen-bond acceptors (Lipinski definition) is 5. The number of nitrogens with two attached hydrogens (primary N) is 1. The number of benzene rings is 2. The molecule has 5 heteroatoms. The lowest BCUT2D eigenvalue weighted by atomic mass is 9.98. The van der Waals surface area contributed by atoms with Gasteiger partial charge in [0.2, 0.25) is 0 Å². The zero-order valence-corrected chi connectivity index (χ0v) is 13.3. The first-order valence-electron chi connectivity index (χ1n) is 8.03. The van der Waals surface area contributed by atoms with Gasteiger partial charge in [-0.15, -0.1) is 10.2 Å². The molecule has 24 heavy (non-hydrogen) atoms. The Hall–Kier alpha value is -2.92. The van der Waals surface area contributed by atoms with Gasteiger partial charge in [0.15, 0.2) is 5.82 Å². The van der Waals surface area contributed by atoms with Crippen molar-refractivity contribution in [2.75, 3.05) is 5.43 Å². The van der Waals surface area contributed by atoms with Crippen molar-refractivity contribution < 1.29 is 4.42 Å². The molecular formula is C19H16N4O. The number of hydrogen-bond donors (Lipinski definition) is 2. The van der Waals surface area contributed by atoms with E-state index in [-0.39, 0.29) is 0 Å². The number of anilines is 1. The Morgan fingerprint density at radius 2 is 1.88 bits per heavy atom. The fraction of sp³-hybridized carbons (Fsp3) is 0.158. The van der Waals surface area contributed by atoms with E-state index in [1.54, 1.807) is 0 Å². The van der Waals surface area contributed by atoms with E-state index in [1.807, 2.05) is 13.0 Å². The molecule has 5 rings (SSSR count). The van der Waals surface area contributed by atoms with Crippen LogP contribution in [0.2, 0.25) is 0 Å². The topological polar surface area (TPSA) is 77.0 Å². The van der Waals surface area contributed by atoms with Gasteiger partial charge in [0, 0.05) is 16.3 Å². The third kappa shape index (κ3) is 1.73. The van der Waals surface area contributed by atoms with Crippen LogP contribution in [-0.4, -0.2) is 10.2 Å². The summed E-state index contributed by atoms with van der Waals surface area (Å²) in [5.74, 6) is 7.14. The van der Waals surface area contributed by atoms with Gasteiger partial charge < -0.3 is 9.84 Å². The highest BCUT2D eigenvalue weighted by Crippen LogP contribution is 2.41. The maximum Gasteiger partial charge on any atom is 0.174 e. The molecule has 2 aromatic carbocycles. The molecule has 0 spiro atoms. The van der Waals surface area contributed by atoms with Gasteiger partial charge in [-0.2, -0.15) is 0 Å². The van der Waals surface area contributed by atoms with Crippen molar-refractivity contribution in [3.05, 3.63) is 53.3 Å². The second-order valence-corrected chi connectivity index (χ2v) is 6.26. The maximum absolute atomic E-state index is 5.97. The highest BCUT2D eigenvalue weighted by molar-refractivity contribution is 6.15. The van der Waals surface area contributed by atoms with Crippen LogP contribution in [0.3, 0.4) is 0 Å². The third-order valence-electron chi connectivity index (χ3n) is 4.81.